The summed E-state index contributed by atoms with van der Waals surface area (Å²) in [6.07, 6.45) is 1.19. The minimum Gasteiger partial charge on any atom is -0.493 e. The molecule has 1 unspecified atom stereocenters. The van der Waals surface area contributed by atoms with E-state index in [1.807, 2.05) is 35.2 Å². The number of benzene rings is 2. The standard InChI is InChI=1S/C23H27ClN2O4/c1-17(30-21-9-7-18(24)8-10-21)23(28)25-19-11-14-26(15-12-19)22(27)13-16-29-20-5-3-2-4-6-20/h2-10,17,19H,11-16H2,1H3,(H,25,28). The first kappa shape index (κ1) is 22.0. The summed E-state index contributed by atoms with van der Waals surface area (Å²) in [5, 5.41) is 3.64. The lowest BCUT2D eigenvalue weighted by molar-refractivity contribution is -0.133. The van der Waals surface area contributed by atoms with Gasteiger partial charge in [-0.15, -0.1) is 0 Å². The molecular formula is C23H27ClN2O4. The highest BCUT2D eigenvalue weighted by molar-refractivity contribution is 6.30. The average Bonchev–Trinajstić information content (AvgIpc) is 2.76. The number of hydrogen-bond donors (Lipinski definition) is 1. The molecule has 3 rings (SSSR count). The number of amides is 2. The minimum atomic E-state index is -0.610. The molecule has 1 saturated heterocycles. The first-order valence-corrected chi connectivity index (χ1v) is 10.6. The number of nitrogens with one attached hydrogen (secondary N) is 1. The summed E-state index contributed by atoms with van der Waals surface area (Å²) in [7, 11) is 0. The Morgan fingerprint density at radius 1 is 1.07 bits per heavy atom. The number of piperidine rings is 1. The molecule has 1 aliphatic rings. The maximum absolute atomic E-state index is 12.4. The normalized spacial score (nSPS) is 15.3. The lowest BCUT2D eigenvalue weighted by Crippen LogP contribution is -2.49. The Kier molecular flexibility index (Phi) is 7.97. The lowest BCUT2D eigenvalue weighted by atomic mass is 10.0. The van der Waals surface area contributed by atoms with Crippen LogP contribution in [-0.2, 0) is 9.59 Å². The van der Waals surface area contributed by atoms with Gasteiger partial charge in [0.1, 0.15) is 11.5 Å². The zero-order chi connectivity index (χ0) is 21.3. The molecule has 0 bridgehead atoms. The second kappa shape index (κ2) is 10.9. The van der Waals surface area contributed by atoms with Crippen LogP contribution in [0.5, 0.6) is 11.5 Å². The van der Waals surface area contributed by atoms with Crippen molar-refractivity contribution in [1.29, 1.82) is 0 Å². The molecule has 0 spiro atoms. The van der Waals surface area contributed by atoms with Gasteiger partial charge in [-0.2, -0.15) is 0 Å². The van der Waals surface area contributed by atoms with Crippen LogP contribution in [0.15, 0.2) is 54.6 Å². The van der Waals surface area contributed by atoms with E-state index in [1.165, 1.54) is 0 Å². The van der Waals surface area contributed by atoms with E-state index in [-0.39, 0.29) is 17.9 Å². The summed E-state index contributed by atoms with van der Waals surface area (Å²) in [4.78, 5) is 26.6. The average molecular weight is 431 g/mol. The third kappa shape index (κ3) is 6.66. The molecule has 30 heavy (non-hydrogen) atoms. The fourth-order valence-electron chi connectivity index (χ4n) is 3.29. The molecule has 1 aliphatic heterocycles. The van der Waals surface area contributed by atoms with Gasteiger partial charge >= 0.3 is 0 Å². The van der Waals surface area contributed by atoms with E-state index in [1.54, 1.807) is 31.2 Å². The summed E-state index contributed by atoms with van der Waals surface area (Å²) >= 11 is 5.86. The molecule has 6 nitrogen and oxygen atoms in total. The molecule has 1 heterocycles. The molecular weight excluding hydrogens is 404 g/mol. The minimum absolute atomic E-state index is 0.0402. The Balaban J connectivity index is 1.35. The number of hydrogen-bond acceptors (Lipinski definition) is 4. The van der Waals surface area contributed by atoms with Crippen LogP contribution in [0.25, 0.3) is 0 Å². The predicted molar refractivity (Wildman–Crippen MR) is 116 cm³/mol. The van der Waals surface area contributed by atoms with E-state index in [4.69, 9.17) is 21.1 Å². The molecule has 0 saturated carbocycles. The van der Waals surface area contributed by atoms with Crippen LogP contribution in [0, 0.1) is 0 Å². The van der Waals surface area contributed by atoms with Gasteiger partial charge in [-0.05, 0) is 56.2 Å². The summed E-state index contributed by atoms with van der Waals surface area (Å²) in [6.45, 7) is 3.33. The van der Waals surface area contributed by atoms with Crippen molar-refractivity contribution in [3.05, 3.63) is 59.6 Å². The Bertz CT molecular complexity index is 821. The molecule has 7 heteroatoms. The van der Waals surface area contributed by atoms with Crippen LogP contribution in [-0.4, -0.2) is 48.6 Å². The van der Waals surface area contributed by atoms with Gasteiger partial charge in [-0.25, -0.2) is 0 Å². The van der Waals surface area contributed by atoms with E-state index in [2.05, 4.69) is 5.32 Å². The van der Waals surface area contributed by atoms with Gasteiger partial charge in [0.15, 0.2) is 6.10 Å². The van der Waals surface area contributed by atoms with Gasteiger partial charge in [-0.3, -0.25) is 9.59 Å². The number of ether oxygens (including phenoxy) is 2. The zero-order valence-corrected chi connectivity index (χ0v) is 17.8. The molecule has 0 aliphatic carbocycles. The number of likely N-dealkylation sites (tertiary alicyclic amines) is 1. The number of carbonyl (C=O) groups excluding carboxylic acids is 2. The fraction of sp³-hybridized carbons (Fsp3) is 0.391. The highest BCUT2D eigenvalue weighted by Gasteiger charge is 2.25. The Morgan fingerprint density at radius 2 is 1.73 bits per heavy atom. The van der Waals surface area contributed by atoms with E-state index in [9.17, 15) is 9.59 Å². The molecule has 160 valence electrons. The Labute approximate surface area is 182 Å². The van der Waals surface area contributed by atoms with E-state index < -0.39 is 6.10 Å². The van der Waals surface area contributed by atoms with Gasteiger partial charge in [0.25, 0.3) is 5.91 Å². The van der Waals surface area contributed by atoms with Gasteiger partial charge < -0.3 is 19.7 Å². The molecule has 0 aromatic heterocycles. The van der Waals surface area contributed by atoms with Crippen LogP contribution >= 0.6 is 11.6 Å². The van der Waals surface area contributed by atoms with Crippen molar-refractivity contribution in [2.75, 3.05) is 19.7 Å². The van der Waals surface area contributed by atoms with Crippen molar-refractivity contribution in [1.82, 2.24) is 10.2 Å². The van der Waals surface area contributed by atoms with Gasteiger partial charge in [0, 0.05) is 24.2 Å². The topological polar surface area (TPSA) is 67.9 Å². The highest BCUT2D eigenvalue weighted by atomic mass is 35.5. The summed E-state index contributed by atoms with van der Waals surface area (Å²) < 4.78 is 11.3. The van der Waals surface area contributed by atoms with Crippen molar-refractivity contribution in [2.24, 2.45) is 0 Å². The third-order valence-electron chi connectivity index (χ3n) is 5.02. The smallest absolute Gasteiger partial charge is 0.260 e. The maximum Gasteiger partial charge on any atom is 0.260 e. The number of rotatable bonds is 8. The summed E-state index contributed by atoms with van der Waals surface area (Å²) in [5.74, 6) is 1.28. The highest BCUT2D eigenvalue weighted by Crippen LogP contribution is 2.17. The Hall–Kier alpha value is -2.73. The second-order valence-corrected chi connectivity index (χ2v) is 7.73. The molecule has 2 aromatic carbocycles. The largest absolute Gasteiger partial charge is 0.493 e. The molecule has 1 N–H and O–H groups in total. The monoisotopic (exact) mass is 430 g/mol. The van der Waals surface area contributed by atoms with Gasteiger partial charge in [0.05, 0.1) is 13.0 Å². The molecule has 0 radical (unpaired) electrons. The lowest BCUT2D eigenvalue weighted by Gasteiger charge is -2.33. The van der Waals surface area contributed by atoms with E-state index in [0.717, 1.165) is 18.6 Å². The van der Waals surface area contributed by atoms with Crippen LogP contribution < -0.4 is 14.8 Å². The molecule has 1 fully saturated rings. The van der Waals surface area contributed by atoms with E-state index in [0.29, 0.717) is 36.9 Å². The number of nitrogens with zero attached hydrogens (tertiary/aromatic N) is 1. The third-order valence-corrected chi connectivity index (χ3v) is 5.27. The number of halogens is 1. The zero-order valence-electron chi connectivity index (χ0n) is 17.1. The van der Waals surface area contributed by atoms with Crippen molar-refractivity contribution < 1.29 is 19.1 Å². The van der Waals surface area contributed by atoms with Gasteiger partial charge in [-0.1, -0.05) is 29.8 Å². The van der Waals surface area contributed by atoms with Crippen LogP contribution in [0.3, 0.4) is 0 Å². The van der Waals surface area contributed by atoms with Crippen molar-refractivity contribution in [3.63, 3.8) is 0 Å². The maximum atomic E-state index is 12.4. The molecule has 1 atom stereocenters. The molecule has 2 aromatic rings. The quantitative estimate of drug-likeness (QED) is 0.693. The molecule has 2 amide bonds. The SMILES string of the molecule is CC(Oc1ccc(Cl)cc1)C(=O)NC1CCN(C(=O)CCOc2ccccc2)CC1. The van der Waals surface area contributed by atoms with Crippen molar-refractivity contribution in [2.45, 2.75) is 38.3 Å². The summed E-state index contributed by atoms with van der Waals surface area (Å²) in [5.41, 5.74) is 0. The fourth-order valence-corrected chi connectivity index (χ4v) is 3.42. The second-order valence-electron chi connectivity index (χ2n) is 7.29. The Morgan fingerprint density at radius 3 is 2.40 bits per heavy atom. The van der Waals surface area contributed by atoms with Crippen molar-refractivity contribution in [3.8, 4) is 11.5 Å². The first-order chi connectivity index (χ1) is 14.5. The van der Waals surface area contributed by atoms with Crippen molar-refractivity contribution >= 4 is 23.4 Å². The van der Waals surface area contributed by atoms with Crippen LogP contribution in [0.4, 0.5) is 0 Å². The number of para-hydroxylation sites is 1. The first-order valence-electron chi connectivity index (χ1n) is 10.2. The van der Waals surface area contributed by atoms with E-state index >= 15 is 0 Å². The van der Waals surface area contributed by atoms with Gasteiger partial charge in [0.2, 0.25) is 5.91 Å². The van der Waals surface area contributed by atoms with Crippen LogP contribution in [0.1, 0.15) is 26.2 Å². The number of carbonyl (C=O) groups is 2. The van der Waals surface area contributed by atoms with Crippen LogP contribution in [0.2, 0.25) is 5.02 Å². The summed E-state index contributed by atoms with van der Waals surface area (Å²) in [6, 6.07) is 16.4. The predicted octanol–water partition coefficient (Wildman–Crippen LogP) is 3.68.